The maximum Gasteiger partial charge on any atom is 0.129 e. The fourth-order valence-electron chi connectivity index (χ4n) is 9.68. The van der Waals surface area contributed by atoms with Crippen molar-refractivity contribution in [2.24, 2.45) is 17.8 Å². The minimum Gasteiger partial charge on any atom is -0.457 e. The average molecular weight is 729 g/mol. The molecule has 290 valence electrons. The summed E-state index contributed by atoms with van der Waals surface area (Å²) in [5.74, 6) is 5.88. The van der Waals surface area contributed by atoms with Crippen molar-refractivity contribution in [1.82, 2.24) is 0 Å². The van der Waals surface area contributed by atoms with Crippen LogP contribution in [0.15, 0.2) is 97.1 Å². The summed E-state index contributed by atoms with van der Waals surface area (Å²) >= 11 is 0. The van der Waals surface area contributed by atoms with Gasteiger partial charge in [-0.2, -0.15) is 0 Å². The number of hydrogen-bond acceptors (Lipinski definition) is 4. The quantitative estimate of drug-likeness (QED) is 0.0702. The van der Waals surface area contributed by atoms with Crippen LogP contribution in [0.3, 0.4) is 0 Å². The molecule has 4 heteroatoms. The number of nitrogens with two attached hydrogens (primary N) is 2. The van der Waals surface area contributed by atoms with Crippen LogP contribution in [0.2, 0.25) is 0 Å². The molecular weight excluding hydrogens is 661 g/mol. The third-order valence-electron chi connectivity index (χ3n) is 12.9. The molecule has 2 aliphatic carbocycles. The van der Waals surface area contributed by atoms with Crippen molar-refractivity contribution < 1.29 is 9.47 Å². The Kier molecular flexibility index (Phi) is 15.2. The molecule has 0 bridgehead atoms. The third-order valence-corrected chi connectivity index (χ3v) is 12.9. The van der Waals surface area contributed by atoms with Crippen LogP contribution in [0, 0.1) is 17.8 Å². The van der Waals surface area contributed by atoms with Gasteiger partial charge in [0.25, 0.3) is 0 Å². The van der Waals surface area contributed by atoms with E-state index in [1.165, 1.54) is 146 Å². The fraction of sp³-hybridized carbons (Fsp3) is 0.520. The van der Waals surface area contributed by atoms with Crippen LogP contribution in [0.1, 0.15) is 153 Å². The van der Waals surface area contributed by atoms with Gasteiger partial charge in [0.1, 0.15) is 23.0 Å². The van der Waals surface area contributed by atoms with E-state index in [1.807, 2.05) is 48.5 Å². The SMILES string of the molecule is CCCCCCCCCCCCCCC1CCC(C2CCC(c3ccc(Oc4cccc(N)c4)cc3)(c3ccc(Oc4cccc(N)c4)cc3)CC2)CC1. The van der Waals surface area contributed by atoms with Gasteiger partial charge in [-0.25, -0.2) is 0 Å². The molecule has 0 unspecified atom stereocenters. The van der Waals surface area contributed by atoms with E-state index in [4.69, 9.17) is 20.9 Å². The van der Waals surface area contributed by atoms with Crippen LogP contribution in [0.5, 0.6) is 23.0 Å². The van der Waals surface area contributed by atoms with Crippen molar-refractivity contribution >= 4 is 11.4 Å². The molecule has 2 saturated carbocycles. The van der Waals surface area contributed by atoms with E-state index < -0.39 is 0 Å². The first-order valence-electron chi connectivity index (χ1n) is 21.8. The number of rotatable bonds is 20. The number of benzene rings is 4. The molecule has 2 fully saturated rings. The Morgan fingerprint density at radius 1 is 0.481 bits per heavy atom. The molecular formula is C50H68N2O2. The van der Waals surface area contributed by atoms with Crippen molar-refractivity contribution in [3.63, 3.8) is 0 Å². The first kappa shape index (κ1) is 39.8. The second kappa shape index (κ2) is 20.7. The second-order valence-corrected chi connectivity index (χ2v) is 16.8. The van der Waals surface area contributed by atoms with Crippen LogP contribution in [0.4, 0.5) is 11.4 Å². The van der Waals surface area contributed by atoms with Gasteiger partial charge in [-0.15, -0.1) is 0 Å². The van der Waals surface area contributed by atoms with Gasteiger partial charge in [-0.1, -0.05) is 140 Å². The highest BCUT2D eigenvalue weighted by atomic mass is 16.5. The van der Waals surface area contributed by atoms with Gasteiger partial charge in [0.15, 0.2) is 0 Å². The number of ether oxygens (including phenoxy) is 2. The maximum absolute atomic E-state index is 6.19. The highest BCUT2D eigenvalue weighted by Crippen LogP contribution is 2.51. The third kappa shape index (κ3) is 11.5. The highest BCUT2D eigenvalue weighted by molar-refractivity contribution is 5.48. The molecule has 4 N–H and O–H groups in total. The minimum absolute atomic E-state index is 0.0340. The Morgan fingerprint density at radius 2 is 0.907 bits per heavy atom. The zero-order valence-corrected chi connectivity index (χ0v) is 33.3. The Bertz CT molecular complexity index is 1560. The number of nitrogen functional groups attached to an aromatic ring is 2. The smallest absolute Gasteiger partial charge is 0.129 e. The van der Waals surface area contributed by atoms with Gasteiger partial charge in [0, 0.05) is 28.9 Å². The van der Waals surface area contributed by atoms with Crippen molar-refractivity contribution in [3.05, 3.63) is 108 Å². The molecule has 0 amide bonds. The number of hydrogen-bond donors (Lipinski definition) is 2. The van der Waals surface area contributed by atoms with Crippen LogP contribution in [-0.4, -0.2) is 0 Å². The number of unbranched alkanes of at least 4 members (excludes halogenated alkanes) is 11. The first-order valence-corrected chi connectivity index (χ1v) is 21.8. The van der Waals surface area contributed by atoms with Gasteiger partial charge in [0.05, 0.1) is 0 Å². The molecule has 0 heterocycles. The molecule has 4 aromatic rings. The molecule has 2 aliphatic rings. The van der Waals surface area contributed by atoms with E-state index in [0.717, 1.165) is 40.8 Å². The van der Waals surface area contributed by atoms with E-state index >= 15 is 0 Å². The summed E-state index contributed by atoms with van der Waals surface area (Å²) in [7, 11) is 0. The fourth-order valence-corrected chi connectivity index (χ4v) is 9.68. The van der Waals surface area contributed by atoms with Gasteiger partial charge in [0.2, 0.25) is 0 Å². The second-order valence-electron chi connectivity index (χ2n) is 16.8. The zero-order chi connectivity index (χ0) is 37.4. The molecule has 4 aromatic carbocycles. The van der Waals surface area contributed by atoms with Crippen LogP contribution in [-0.2, 0) is 5.41 Å². The van der Waals surface area contributed by atoms with Crippen molar-refractivity contribution in [2.45, 2.75) is 147 Å². The monoisotopic (exact) mass is 729 g/mol. The molecule has 0 aliphatic heterocycles. The normalized spacial score (nSPS) is 18.7. The molecule has 0 atom stereocenters. The van der Waals surface area contributed by atoms with Crippen LogP contribution < -0.4 is 20.9 Å². The summed E-state index contributed by atoms with van der Waals surface area (Å²) in [4.78, 5) is 0. The standard InChI is InChI=1S/C50H68N2O2/c1-2-3-4-5-6-7-8-9-10-11-12-13-16-39-21-23-40(24-22-39)41-33-35-50(36-34-41,42-25-29-46(30-26-42)53-48-19-14-17-44(51)37-48)43-27-31-47(32-28-43)54-49-20-15-18-45(52)38-49/h14-15,17-20,25-32,37-41H,2-13,16,21-24,33-36,51-52H2,1H3. The first-order chi connectivity index (χ1) is 26.5. The number of anilines is 2. The summed E-state index contributed by atoms with van der Waals surface area (Å²) in [5.41, 5.74) is 16.1. The lowest BCUT2D eigenvalue weighted by Crippen LogP contribution is -2.35. The average Bonchev–Trinajstić information content (AvgIpc) is 3.19. The maximum atomic E-state index is 6.19. The van der Waals surface area contributed by atoms with E-state index in [-0.39, 0.29) is 5.41 Å². The summed E-state index contributed by atoms with van der Waals surface area (Å²) in [6.45, 7) is 2.30. The molecule has 6 rings (SSSR count). The summed E-state index contributed by atoms with van der Waals surface area (Å²) in [6.07, 6.45) is 29.4. The van der Waals surface area contributed by atoms with Gasteiger partial charge >= 0.3 is 0 Å². The predicted molar refractivity (Wildman–Crippen MR) is 229 cm³/mol. The molecule has 4 nitrogen and oxygen atoms in total. The zero-order valence-electron chi connectivity index (χ0n) is 33.3. The summed E-state index contributed by atoms with van der Waals surface area (Å²) < 4.78 is 12.4. The van der Waals surface area contributed by atoms with Crippen molar-refractivity contribution in [3.8, 4) is 23.0 Å². The molecule has 0 saturated heterocycles. The summed E-state index contributed by atoms with van der Waals surface area (Å²) in [6, 6.07) is 32.9. The molecule has 54 heavy (non-hydrogen) atoms. The van der Waals surface area contributed by atoms with E-state index in [0.29, 0.717) is 11.4 Å². The lowest BCUT2D eigenvalue weighted by molar-refractivity contribution is 0.140. The van der Waals surface area contributed by atoms with Crippen molar-refractivity contribution in [2.75, 3.05) is 11.5 Å². The van der Waals surface area contributed by atoms with Gasteiger partial charge in [-0.05, 0) is 116 Å². The van der Waals surface area contributed by atoms with E-state index in [2.05, 4.69) is 55.5 Å². The molecule has 0 spiro atoms. The van der Waals surface area contributed by atoms with Crippen molar-refractivity contribution in [1.29, 1.82) is 0 Å². The predicted octanol–water partition coefficient (Wildman–Crippen LogP) is 14.8. The van der Waals surface area contributed by atoms with E-state index in [9.17, 15) is 0 Å². The lowest BCUT2D eigenvalue weighted by atomic mass is 9.60. The molecule has 0 radical (unpaired) electrons. The lowest BCUT2D eigenvalue weighted by Gasteiger charge is -2.44. The summed E-state index contributed by atoms with van der Waals surface area (Å²) in [5, 5.41) is 0. The minimum atomic E-state index is -0.0340. The van der Waals surface area contributed by atoms with E-state index in [1.54, 1.807) is 0 Å². The van der Waals surface area contributed by atoms with Gasteiger partial charge in [-0.3, -0.25) is 0 Å². The largest absolute Gasteiger partial charge is 0.457 e. The Morgan fingerprint density at radius 3 is 1.35 bits per heavy atom. The van der Waals surface area contributed by atoms with Gasteiger partial charge < -0.3 is 20.9 Å². The Balaban J connectivity index is 1.01. The Labute approximate surface area is 327 Å². The molecule has 0 aromatic heterocycles. The highest BCUT2D eigenvalue weighted by Gasteiger charge is 2.41. The Hall–Kier alpha value is -3.92. The van der Waals surface area contributed by atoms with Crippen LogP contribution >= 0.6 is 0 Å². The topological polar surface area (TPSA) is 70.5 Å². The van der Waals surface area contributed by atoms with Crippen LogP contribution in [0.25, 0.3) is 0 Å².